The molecule has 0 spiro atoms. The fourth-order valence-electron chi connectivity index (χ4n) is 4.21. The second-order valence-electron chi connectivity index (χ2n) is 8.57. The van der Waals surface area contributed by atoms with Gasteiger partial charge in [0.15, 0.2) is 6.61 Å². The van der Waals surface area contributed by atoms with Crippen molar-refractivity contribution in [3.63, 3.8) is 0 Å². The number of methoxy groups -OCH3 is 1. The Morgan fingerprint density at radius 3 is 2.30 bits per heavy atom. The molecular formula is C31H31NO5. The van der Waals surface area contributed by atoms with Gasteiger partial charge in [0.05, 0.1) is 13.7 Å². The molecule has 6 nitrogen and oxygen atoms in total. The first-order valence-corrected chi connectivity index (χ1v) is 12.4. The third-order valence-corrected chi connectivity index (χ3v) is 6.05. The van der Waals surface area contributed by atoms with Gasteiger partial charge < -0.3 is 18.8 Å². The summed E-state index contributed by atoms with van der Waals surface area (Å²) in [6.07, 6.45) is 3.49. The van der Waals surface area contributed by atoms with E-state index in [1.807, 2.05) is 72.9 Å². The van der Waals surface area contributed by atoms with Crippen LogP contribution in [0.3, 0.4) is 0 Å². The van der Waals surface area contributed by atoms with Gasteiger partial charge in [0.1, 0.15) is 11.5 Å². The van der Waals surface area contributed by atoms with Gasteiger partial charge >= 0.3 is 5.97 Å². The number of hydrogen-bond acceptors (Lipinski definition) is 5. The van der Waals surface area contributed by atoms with Crippen molar-refractivity contribution in [1.82, 2.24) is 4.57 Å². The smallest absolute Gasteiger partial charge is 0.344 e. The molecule has 4 rings (SSSR count). The van der Waals surface area contributed by atoms with Crippen molar-refractivity contribution in [3.05, 3.63) is 107 Å². The van der Waals surface area contributed by atoms with Gasteiger partial charge in [-0.15, -0.1) is 0 Å². The van der Waals surface area contributed by atoms with Crippen LogP contribution < -0.4 is 15.0 Å². The van der Waals surface area contributed by atoms with Crippen LogP contribution in [0.2, 0.25) is 0 Å². The molecule has 6 heteroatoms. The molecule has 3 aromatic carbocycles. The number of ether oxygens (including phenoxy) is 3. The molecule has 0 bridgehead atoms. The number of benzene rings is 3. The Balaban J connectivity index is 1.45. The quantitative estimate of drug-likeness (QED) is 0.246. The van der Waals surface area contributed by atoms with Gasteiger partial charge in [-0.2, -0.15) is 0 Å². The van der Waals surface area contributed by atoms with Gasteiger partial charge in [0.25, 0.3) is 5.56 Å². The summed E-state index contributed by atoms with van der Waals surface area (Å²) in [7, 11) is 1.66. The van der Waals surface area contributed by atoms with Crippen molar-refractivity contribution in [2.24, 2.45) is 0 Å². The summed E-state index contributed by atoms with van der Waals surface area (Å²) in [5.41, 5.74) is 5.27. The molecule has 0 atom stereocenters. The van der Waals surface area contributed by atoms with Gasteiger partial charge in [-0.1, -0.05) is 48.5 Å². The van der Waals surface area contributed by atoms with Crippen molar-refractivity contribution in [2.45, 2.75) is 26.3 Å². The fraction of sp³-hybridized carbons (Fsp3) is 0.226. The number of nitrogens with zero attached hydrogens (tertiary/aromatic N) is 1. The fourth-order valence-corrected chi connectivity index (χ4v) is 4.21. The van der Waals surface area contributed by atoms with Gasteiger partial charge in [0, 0.05) is 18.8 Å². The number of rotatable bonds is 11. The predicted molar refractivity (Wildman–Crippen MR) is 145 cm³/mol. The SMILES string of the molecule is CCOC(=O)COc1cccc(CCCn2cc(-c3ccccc3-c3ccc(OC)cc3)ccc2=O)c1. The van der Waals surface area contributed by atoms with E-state index in [0.717, 1.165) is 46.4 Å². The number of carbonyl (C=O) groups excluding carboxylic acids is 1. The van der Waals surface area contributed by atoms with Crippen LogP contribution >= 0.6 is 0 Å². The van der Waals surface area contributed by atoms with Gasteiger partial charge in [-0.3, -0.25) is 4.79 Å². The molecule has 0 aliphatic heterocycles. The van der Waals surface area contributed by atoms with Crippen molar-refractivity contribution in [2.75, 3.05) is 20.3 Å². The topological polar surface area (TPSA) is 66.8 Å². The van der Waals surface area contributed by atoms with E-state index >= 15 is 0 Å². The van der Waals surface area contributed by atoms with Gasteiger partial charge in [-0.05, 0) is 77.9 Å². The Kier molecular flexibility index (Phi) is 8.76. The molecule has 37 heavy (non-hydrogen) atoms. The number of esters is 1. The molecule has 4 aromatic rings. The maximum atomic E-state index is 12.6. The lowest BCUT2D eigenvalue weighted by atomic mass is 9.95. The van der Waals surface area contributed by atoms with Crippen molar-refractivity contribution >= 4 is 5.97 Å². The van der Waals surface area contributed by atoms with E-state index in [9.17, 15) is 9.59 Å². The summed E-state index contributed by atoms with van der Waals surface area (Å²) >= 11 is 0. The van der Waals surface area contributed by atoms with E-state index in [2.05, 4.69) is 12.1 Å². The van der Waals surface area contributed by atoms with Crippen LogP contribution in [0.25, 0.3) is 22.3 Å². The normalized spacial score (nSPS) is 10.6. The Hall–Kier alpha value is -4.32. The number of aromatic nitrogens is 1. The molecule has 0 unspecified atom stereocenters. The summed E-state index contributed by atoms with van der Waals surface area (Å²) in [6, 6.07) is 27.3. The van der Waals surface area contributed by atoms with Gasteiger partial charge in [0.2, 0.25) is 0 Å². The third-order valence-electron chi connectivity index (χ3n) is 6.05. The van der Waals surface area contributed by atoms with Crippen LogP contribution in [-0.4, -0.2) is 30.9 Å². The highest BCUT2D eigenvalue weighted by Gasteiger charge is 2.09. The first-order chi connectivity index (χ1) is 18.1. The number of aryl methyl sites for hydroxylation is 2. The van der Waals surface area contributed by atoms with E-state index in [0.29, 0.717) is 18.9 Å². The lowest BCUT2D eigenvalue weighted by Gasteiger charge is -2.13. The van der Waals surface area contributed by atoms with Crippen LogP contribution in [0.4, 0.5) is 0 Å². The Morgan fingerprint density at radius 2 is 1.57 bits per heavy atom. The largest absolute Gasteiger partial charge is 0.497 e. The maximum Gasteiger partial charge on any atom is 0.344 e. The summed E-state index contributed by atoms with van der Waals surface area (Å²) in [4.78, 5) is 24.1. The predicted octanol–water partition coefficient (Wildman–Crippen LogP) is 5.77. The molecule has 1 heterocycles. The molecule has 0 aliphatic rings. The van der Waals surface area contributed by atoms with E-state index in [1.54, 1.807) is 24.7 Å². The highest BCUT2D eigenvalue weighted by molar-refractivity contribution is 5.83. The third kappa shape index (κ3) is 6.88. The Bertz CT molecular complexity index is 1390. The standard InChI is InChI=1S/C31H31NO5/c1-3-36-31(34)22-37-27-10-6-8-23(20-27)9-7-19-32-21-25(15-18-30(32)33)29-12-5-4-11-28(29)24-13-16-26(35-2)17-14-24/h4-6,8,10-18,20-21H,3,7,9,19,22H2,1-2H3. The van der Waals surface area contributed by atoms with Crippen LogP contribution in [-0.2, 0) is 22.5 Å². The molecule has 0 amide bonds. The maximum absolute atomic E-state index is 12.6. The van der Waals surface area contributed by atoms with Crippen molar-refractivity contribution in [1.29, 1.82) is 0 Å². The number of hydrogen-bond donors (Lipinski definition) is 0. The van der Waals surface area contributed by atoms with Crippen molar-refractivity contribution < 1.29 is 19.0 Å². The van der Waals surface area contributed by atoms with Crippen LogP contribution in [0.15, 0.2) is 95.9 Å². The molecule has 0 N–H and O–H groups in total. The van der Waals surface area contributed by atoms with Crippen LogP contribution in [0.5, 0.6) is 11.5 Å². The first kappa shape index (κ1) is 25.8. The molecule has 0 saturated heterocycles. The summed E-state index contributed by atoms with van der Waals surface area (Å²) < 4.78 is 17.5. The van der Waals surface area contributed by atoms with Crippen molar-refractivity contribution in [3.8, 4) is 33.8 Å². The molecule has 0 radical (unpaired) electrons. The summed E-state index contributed by atoms with van der Waals surface area (Å²) in [5.74, 6) is 1.05. The zero-order chi connectivity index (χ0) is 26.0. The van der Waals surface area contributed by atoms with E-state index < -0.39 is 0 Å². The molecule has 190 valence electrons. The summed E-state index contributed by atoms with van der Waals surface area (Å²) in [5, 5.41) is 0. The minimum atomic E-state index is -0.388. The van der Waals surface area contributed by atoms with Crippen LogP contribution in [0.1, 0.15) is 18.9 Å². The highest BCUT2D eigenvalue weighted by atomic mass is 16.6. The Morgan fingerprint density at radius 1 is 0.838 bits per heavy atom. The average Bonchev–Trinajstić information content (AvgIpc) is 2.93. The zero-order valence-electron chi connectivity index (χ0n) is 21.2. The Labute approximate surface area is 217 Å². The highest BCUT2D eigenvalue weighted by Crippen LogP contribution is 2.32. The summed E-state index contributed by atoms with van der Waals surface area (Å²) in [6.45, 7) is 2.57. The van der Waals surface area contributed by atoms with Crippen LogP contribution in [0, 0.1) is 0 Å². The monoisotopic (exact) mass is 497 g/mol. The number of carbonyl (C=O) groups is 1. The molecular weight excluding hydrogens is 466 g/mol. The van der Waals surface area contributed by atoms with Gasteiger partial charge in [-0.25, -0.2) is 4.79 Å². The minimum Gasteiger partial charge on any atom is -0.497 e. The second kappa shape index (κ2) is 12.6. The molecule has 0 saturated carbocycles. The van der Waals surface area contributed by atoms with E-state index in [4.69, 9.17) is 14.2 Å². The first-order valence-electron chi connectivity index (χ1n) is 12.4. The number of pyridine rings is 1. The second-order valence-corrected chi connectivity index (χ2v) is 8.57. The molecule has 0 aliphatic carbocycles. The van der Waals surface area contributed by atoms with E-state index in [-0.39, 0.29) is 18.1 Å². The average molecular weight is 498 g/mol. The lowest BCUT2D eigenvalue weighted by molar-refractivity contribution is -0.145. The molecule has 0 fully saturated rings. The zero-order valence-corrected chi connectivity index (χ0v) is 21.2. The molecule has 1 aromatic heterocycles. The minimum absolute atomic E-state index is 0.0304. The van der Waals surface area contributed by atoms with E-state index in [1.165, 1.54) is 0 Å². The lowest BCUT2D eigenvalue weighted by Crippen LogP contribution is -2.19.